The van der Waals surface area contributed by atoms with Gasteiger partial charge in [0, 0.05) is 44.2 Å². The van der Waals surface area contributed by atoms with Crippen molar-refractivity contribution in [1.29, 1.82) is 0 Å². The van der Waals surface area contributed by atoms with E-state index in [0.29, 0.717) is 23.9 Å². The molecule has 0 bridgehead atoms. The van der Waals surface area contributed by atoms with Gasteiger partial charge < -0.3 is 15.0 Å². The second-order valence-electron chi connectivity index (χ2n) is 7.73. The van der Waals surface area contributed by atoms with E-state index in [9.17, 15) is 4.79 Å². The Hall–Kier alpha value is -2.64. The summed E-state index contributed by atoms with van der Waals surface area (Å²) in [5, 5.41) is 15.7. The van der Waals surface area contributed by atoms with E-state index >= 15 is 0 Å². The number of carbonyl (C=O) groups excluding carboxylic acids is 1. The van der Waals surface area contributed by atoms with Gasteiger partial charge in [0.15, 0.2) is 5.82 Å². The number of rotatable bonds is 5. The second kappa shape index (κ2) is 6.93. The molecule has 8 heteroatoms. The number of amides is 1. The fraction of sp³-hybridized carbons (Fsp3) is 0.556. The molecule has 140 valence electrons. The molecule has 1 aliphatic heterocycles. The van der Waals surface area contributed by atoms with E-state index in [2.05, 4.69) is 46.3 Å². The number of nitrogens with one attached hydrogen (secondary N) is 1. The van der Waals surface area contributed by atoms with Crippen LogP contribution in [0, 0.1) is 5.92 Å². The Balaban J connectivity index is 1.49. The maximum absolute atomic E-state index is 12.3. The molecule has 8 nitrogen and oxygen atoms in total. The van der Waals surface area contributed by atoms with Crippen LogP contribution in [0.3, 0.4) is 0 Å². The highest BCUT2D eigenvalue weighted by Crippen LogP contribution is 2.25. The Morgan fingerprint density at radius 2 is 2.04 bits per heavy atom. The van der Waals surface area contributed by atoms with Crippen LogP contribution in [0.5, 0.6) is 5.88 Å². The molecule has 0 atom stereocenters. The van der Waals surface area contributed by atoms with Crippen molar-refractivity contribution in [3.8, 4) is 5.88 Å². The third-order valence-electron chi connectivity index (χ3n) is 4.48. The predicted octanol–water partition coefficient (Wildman–Crippen LogP) is 1.38. The zero-order valence-corrected chi connectivity index (χ0v) is 16.0. The SMILES string of the molecule is COc1nn(C)cc1C(=O)NCC1CN(c2ccc(C(C)(C)C)nn2)C1. The first-order valence-electron chi connectivity index (χ1n) is 8.73. The van der Waals surface area contributed by atoms with Gasteiger partial charge in [-0.15, -0.1) is 10.2 Å². The van der Waals surface area contributed by atoms with Crippen LogP contribution >= 0.6 is 0 Å². The van der Waals surface area contributed by atoms with Crippen LogP contribution in [-0.2, 0) is 12.5 Å². The Kier molecular flexibility index (Phi) is 4.84. The summed E-state index contributed by atoms with van der Waals surface area (Å²) in [6, 6.07) is 4.05. The van der Waals surface area contributed by atoms with Crippen molar-refractivity contribution in [1.82, 2.24) is 25.3 Å². The maximum atomic E-state index is 12.3. The number of nitrogens with zero attached hydrogens (tertiary/aromatic N) is 5. The monoisotopic (exact) mass is 358 g/mol. The summed E-state index contributed by atoms with van der Waals surface area (Å²) in [6.07, 6.45) is 1.66. The van der Waals surface area contributed by atoms with Crippen LogP contribution in [0.1, 0.15) is 36.8 Å². The molecule has 1 saturated heterocycles. The molecule has 0 spiro atoms. The molecular formula is C18H26N6O2. The summed E-state index contributed by atoms with van der Waals surface area (Å²) in [5.41, 5.74) is 1.44. The molecule has 0 radical (unpaired) electrons. The lowest BCUT2D eigenvalue weighted by Gasteiger charge is -2.40. The van der Waals surface area contributed by atoms with Crippen LogP contribution in [-0.4, -0.2) is 52.6 Å². The number of hydrogen-bond acceptors (Lipinski definition) is 6. The molecule has 1 fully saturated rings. The van der Waals surface area contributed by atoms with Gasteiger partial charge in [0.05, 0.1) is 12.8 Å². The summed E-state index contributed by atoms with van der Waals surface area (Å²) in [4.78, 5) is 14.5. The third-order valence-corrected chi connectivity index (χ3v) is 4.48. The second-order valence-corrected chi connectivity index (χ2v) is 7.73. The van der Waals surface area contributed by atoms with E-state index in [1.807, 2.05) is 12.1 Å². The Bertz CT molecular complexity index is 772. The van der Waals surface area contributed by atoms with Gasteiger partial charge in [-0.2, -0.15) is 5.10 Å². The van der Waals surface area contributed by atoms with Crippen molar-refractivity contribution in [2.75, 3.05) is 31.6 Å². The lowest BCUT2D eigenvalue weighted by molar-refractivity contribution is 0.0941. The number of aromatic nitrogens is 4. The molecule has 3 rings (SSSR count). The average Bonchev–Trinajstić information content (AvgIpc) is 2.94. The van der Waals surface area contributed by atoms with Crippen LogP contribution in [0.2, 0.25) is 0 Å². The molecule has 0 aliphatic carbocycles. The van der Waals surface area contributed by atoms with E-state index in [1.54, 1.807) is 17.9 Å². The highest BCUT2D eigenvalue weighted by Gasteiger charge is 2.29. The van der Waals surface area contributed by atoms with Crippen LogP contribution < -0.4 is 15.0 Å². The third kappa shape index (κ3) is 3.79. The summed E-state index contributed by atoms with van der Waals surface area (Å²) in [6.45, 7) is 8.69. The number of methoxy groups -OCH3 is 1. The normalized spacial score (nSPS) is 14.9. The molecule has 26 heavy (non-hydrogen) atoms. The summed E-state index contributed by atoms with van der Waals surface area (Å²) in [7, 11) is 3.27. The zero-order valence-electron chi connectivity index (χ0n) is 16.0. The zero-order chi connectivity index (χ0) is 18.9. The Morgan fingerprint density at radius 1 is 1.31 bits per heavy atom. The first-order valence-corrected chi connectivity index (χ1v) is 8.73. The van der Waals surface area contributed by atoms with Gasteiger partial charge in [0.1, 0.15) is 5.56 Å². The molecule has 1 amide bonds. The number of ether oxygens (including phenoxy) is 1. The van der Waals surface area contributed by atoms with Crippen LogP contribution in [0.25, 0.3) is 0 Å². The first kappa shape index (κ1) is 18.2. The fourth-order valence-corrected chi connectivity index (χ4v) is 2.89. The molecular weight excluding hydrogens is 332 g/mol. The average molecular weight is 358 g/mol. The topological polar surface area (TPSA) is 85.2 Å². The van der Waals surface area contributed by atoms with E-state index in [1.165, 1.54) is 7.11 Å². The van der Waals surface area contributed by atoms with Crippen molar-refractivity contribution < 1.29 is 9.53 Å². The van der Waals surface area contributed by atoms with Crippen LogP contribution in [0.4, 0.5) is 5.82 Å². The fourth-order valence-electron chi connectivity index (χ4n) is 2.89. The number of hydrogen-bond donors (Lipinski definition) is 1. The molecule has 3 heterocycles. The van der Waals surface area contributed by atoms with Crippen molar-refractivity contribution in [3.63, 3.8) is 0 Å². The lowest BCUT2D eigenvalue weighted by atomic mass is 9.92. The minimum absolute atomic E-state index is 0.000641. The molecule has 2 aromatic heterocycles. The van der Waals surface area contributed by atoms with Crippen molar-refractivity contribution in [2.45, 2.75) is 26.2 Å². The van der Waals surface area contributed by atoms with Gasteiger partial charge in [-0.25, -0.2) is 0 Å². The summed E-state index contributed by atoms with van der Waals surface area (Å²) < 4.78 is 6.69. The number of aryl methyl sites for hydroxylation is 1. The smallest absolute Gasteiger partial charge is 0.258 e. The largest absolute Gasteiger partial charge is 0.479 e. The Morgan fingerprint density at radius 3 is 2.62 bits per heavy atom. The van der Waals surface area contributed by atoms with Gasteiger partial charge in [-0.1, -0.05) is 20.8 Å². The van der Waals surface area contributed by atoms with Gasteiger partial charge in [-0.3, -0.25) is 9.48 Å². The maximum Gasteiger partial charge on any atom is 0.258 e. The molecule has 0 aromatic carbocycles. The van der Waals surface area contributed by atoms with E-state index in [4.69, 9.17) is 4.74 Å². The van der Waals surface area contributed by atoms with E-state index in [-0.39, 0.29) is 11.3 Å². The number of anilines is 1. The minimum Gasteiger partial charge on any atom is -0.479 e. The van der Waals surface area contributed by atoms with Crippen molar-refractivity contribution >= 4 is 11.7 Å². The van der Waals surface area contributed by atoms with E-state index < -0.39 is 0 Å². The highest BCUT2D eigenvalue weighted by atomic mass is 16.5. The highest BCUT2D eigenvalue weighted by molar-refractivity contribution is 5.96. The lowest BCUT2D eigenvalue weighted by Crippen LogP contribution is -2.52. The minimum atomic E-state index is -0.164. The standard InChI is InChI=1S/C18H26N6O2/c1-18(2,3)14-6-7-15(21-20-14)24-9-12(10-24)8-19-16(25)13-11-23(4)22-17(13)26-5/h6-7,11-12H,8-10H2,1-5H3,(H,19,25). The van der Waals surface area contributed by atoms with Gasteiger partial charge in [0.25, 0.3) is 5.91 Å². The molecule has 0 unspecified atom stereocenters. The van der Waals surface area contributed by atoms with E-state index in [0.717, 1.165) is 24.6 Å². The van der Waals surface area contributed by atoms with Crippen molar-refractivity contribution in [3.05, 3.63) is 29.6 Å². The predicted molar refractivity (Wildman–Crippen MR) is 98.5 cm³/mol. The van der Waals surface area contributed by atoms with Gasteiger partial charge in [0.2, 0.25) is 5.88 Å². The van der Waals surface area contributed by atoms with Crippen molar-refractivity contribution in [2.24, 2.45) is 13.0 Å². The molecule has 2 aromatic rings. The molecule has 0 saturated carbocycles. The Labute approximate surface area is 153 Å². The first-order chi connectivity index (χ1) is 12.3. The number of carbonyl (C=O) groups is 1. The van der Waals surface area contributed by atoms with Gasteiger partial charge in [-0.05, 0) is 12.1 Å². The molecule has 1 aliphatic rings. The van der Waals surface area contributed by atoms with Gasteiger partial charge >= 0.3 is 0 Å². The van der Waals surface area contributed by atoms with Crippen LogP contribution in [0.15, 0.2) is 18.3 Å². The molecule has 1 N–H and O–H groups in total. The summed E-state index contributed by atoms with van der Waals surface area (Å²) in [5.74, 6) is 1.46. The quantitative estimate of drug-likeness (QED) is 0.869. The summed E-state index contributed by atoms with van der Waals surface area (Å²) >= 11 is 0.